The zero-order valence-electron chi connectivity index (χ0n) is 11.4. The summed E-state index contributed by atoms with van der Waals surface area (Å²) in [7, 11) is 0. The van der Waals surface area contributed by atoms with Crippen molar-refractivity contribution in [1.82, 2.24) is 0 Å². The number of phenols is 1. The highest BCUT2D eigenvalue weighted by atomic mass is 16.3. The Morgan fingerprint density at radius 2 is 2.11 bits per heavy atom. The number of nitrogens with two attached hydrogens (primary N) is 1. The third-order valence-corrected chi connectivity index (χ3v) is 5.10. The molecule has 3 N–H and O–H groups in total. The SMILES string of the molecule is CC12CCCCCC(C(=O)c3ccc(O)cc31)C2N. The van der Waals surface area contributed by atoms with Crippen molar-refractivity contribution in [3.8, 4) is 5.75 Å². The van der Waals surface area contributed by atoms with Gasteiger partial charge in [0.05, 0.1) is 0 Å². The maximum Gasteiger partial charge on any atom is 0.167 e. The number of ketones is 1. The maximum absolute atomic E-state index is 12.6. The van der Waals surface area contributed by atoms with E-state index in [2.05, 4.69) is 6.92 Å². The number of carbonyl (C=O) groups excluding carboxylic acids is 1. The molecule has 0 aliphatic heterocycles. The van der Waals surface area contributed by atoms with E-state index in [1.165, 1.54) is 6.42 Å². The number of benzene rings is 1. The van der Waals surface area contributed by atoms with Gasteiger partial charge in [0, 0.05) is 22.9 Å². The van der Waals surface area contributed by atoms with E-state index >= 15 is 0 Å². The monoisotopic (exact) mass is 259 g/mol. The summed E-state index contributed by atoms with van der Waals surface area (Å²) in [5.74, 6) is 0.338. The smallest absolute Gasteiger partial charge is 0.167 e. The predicted molar refractivity (Wildman–Crippen MR) is 74.3 cm³/mol. The fourth-order valence-electron chi connectivity index (χ4n) is 3.85. The lowest BCUT2D eigenvalue weighted by molar-refractivity contribution is 0.0805. The number of carbonyl (C=O) groups is 1. The molecule has 0 saturated heterocycles. The Bertz CT molecular complexity index is 525. The maximum atomic E-state index is 12.6. The zero-order chi connectivity index (χ0) is 13.6. The normalized spacial score (nSPS) is 34.3. The van der Waals surface area contributed by atoms with Gasteiger partial charge in [0.1, 0.15) is 5.75 Å². The van der Waals surface area contributed by atoms with E-state index in [0.717, 1.165) is 36.8 Å². The standard InChI is InChI=1S/C16H21NO2/c1-16-8-4-2-3-5-12(15(16)17)14(19)11-7-6-10(18)9-13(11)16/h6-7,9,12,15,18H,2-5,8,17H2,1H3. The number of fused-ring (bicyclic) bond motifs is 4. The lowest BCUT2D eigenvalue weighted by atomic mass is 9.59. The second-order valence-electron chi connectivity index (χ2n) is 6.24. The summed E-state index contributed by atoms with van der Waals surface area (Å²) in [6.07, 6.45) is 5.29. The highest BCUT2D eigenvalue weighted by Crippen LogP contribution is 2.46. The van der Waals surface area contributed by atoms with Gasteiger partial charge >= 0.3 is 0 Å². The van der Waals surface area contributed by atoms with Crippen LogP contribution in [0.1, 0.15) is 54.9 Å². The van der Waals surface area contributed by atoms with Crippen LogP contribution in [0.4, 0.5) is 0 Å². The molecule has 3 nitrogen and oxygen atoms in total. The van der Waals surface area contributed by atoms with Gasteiger partial charge < -0.3 is 10.8 Å². The van der Waals surface area contributed by atoms with Crippen LogP contribution in [0.15, 0.2) is 18.2 Å². The van der Waals surface area contributed by atoms with E-state index in [1.807, 2.05) is 0 Å². The van der Waals surface area contributed by atoms with E-state index in [1.54, 1.807) is 18.2 Å². The number of aromatic hydroxyl groups is 1. The van der Waals surface area contributed by atoms with Crippen LogP contribution in [0.25, 0.3) is 0 Å². The minimum absolute atomic E-state index is 0.0534. The lowest BCUT2D eigenvalue weighted by Crippen LogP contribution is -2.55. The molecular formula is C16H21NO2. The van der Waals surface area contributed by atoms with Crippen LogP contribution in [0.3, 0.4) is 0 Å². The Kier molecular flexibility index (Phi) is 2.90. The summed E-state index contributed by atoms with van der Waals surface area (Å²) in [6.45, 7) is 2.15. The van der Waals surface area contributed by atoms with Crippen molar-refractivity contribution in [1.29, 1.82) is 0 Å². The quantitative estimate of drug-likeness (QED) is 0.753. The fourth-order valence-corrected chi connectivity index (χ4v) is 3.85. The second-order valence-corrected chi connectivity index (χ2v) is 6.24. The summed E-state index contributed by atoms with van der Waals surface area (Å²) in [6, 6.07) is 4.99. The molecule has 0 amide bonds. The van der Waals surface area contributed by atoms with Gasteiger partial charge in [-0.25, -0.2) is 0 Å². The summed E-state index contributed by atoms with van der Waals surface area (Å²) in [4.78, 5) is 12.6. The van der Waals surface area contributed by atoms with E-state index in [0.29, 0.717) is 0 Å². The summed E-state index contributed by atoms with van der Waals surface area (Å²) < 4.78 is 0. The summed E-state index contributed by atoms with van der Waals surface area (Å²) in [5.41, 5.74) is 7.97. The lowest BCUT2D eigenvalue weighted by Gasteiger charge is -2.46. The van der Waals surface area contributed by atoms with E-state index in [4.69, 9.17) is 5.73 Å². The van der Waals surface area contributed by atoms with Gasteiger partial charge in [-0.3, -0.25) is 4.79 Å². The minimum Gasteiger partial charge on any atom is -0.508 e. The van der Waals surface area contributed by atoms with Gasteiger partial charge in [0.15, 0.2) is 5.78 Å². The van der Waals surface area contributed by atoms with Gasteiger partial charge in [-0.1, -0.05) is 26.2 Å². The van der Waals surface area contributed by atoms with Crippen LogP contribution in [0.2, 0.25) is 0 Å². The first-order valence-corrected chi connectivity index (χ1v) is 7.17. The van der Waals surface area contributed by atoms with E-state index in [9.17, 15) is 9.90 Å². The minimum atomic E-state index is -0.187. The van der Waals surface area contributed by atoms with Crippen LogP contribution < -0.4 is 5.73 Å². The third kappa shape index (κ3) is 1.79. The van der Waals surface area contributed by atoms with Gasteiger partial charge in [0.25, 0.3) is 0 Å². The highest BCUT2D eigenvalue weighted by molar-refractivity contribution is 6.01. The molecule has 2 aliphatic rings. The van der Waals surface area contributed by atoms with Gasteiger partial charge in [0.2, 0.25) is 0 Å². The fraction of sp³-hybridized carbons (Fsp3) is 0.562. The first kappa shape index (κ1) is 12.7. The van der Waals surface area contributed by atoms with Crippen LogP contribution in [0, 0.1) is 5.92 Å². The molecule has 19 heavy (non-hydrogen) atoms. The Morgan fingerprint density at radius 1 is 1.32 bits per heavy atom. The molecule has 1 aromatic carbocycles. The first-order valence-electron chi connectivity index (χ1n) is 7.17. The molecule has 0 spiro atoms. The molecule has 3 unspecified atom stereocenters. The van der Waals surface area contributed by atoms with Crippen LogP contribution in [-0.2, 0) is 5.41 Å². The van der Waals surface area contributed by atoms with Crippen LogP contribution in [0.5, 0.6) is 5.75 Å². The summed E-state index contributed by atoms with van der Waals surface area (Å²) in [5, 5.41) is 9.75. The second kappa shape index (κ2) is 4.34. The number of hydrogen-bond donors (Lipinski definition) is 2. The van der Waals surface area contributed by atoms with Crippen LogP contribution >= 0.6 is 0 Å². The Hall–Kier alpha value is -1.35. The Balaban J connectivity index is 2.20. The molecule has 1 fully saturated rings. The molecule has 0 radical (unpaired) electrons. The molecule has 0 heterocycles. The molecule has 2 aliphatic carbocycles. The van der Waals surface area contributed by atoms with Gasteiger partial charge in [-0.05, 0) is 36.6 Å². The number of phenolic OH excluding ortho intramolecular Hbond substituents is 1. The molecule has 1 saturated carbocycles. The first-order chi connectivity index (χ1) is 9.04. The van der Waals surface area contributed by atoms with E-state index < -0.39 is 0 Å². The molecule has 3 atom stereocenters. The summed E-state index contributed by atoms with van der Waals surface area (Å²) >= 11 is 0. The average molecular weight is 259 g/mol. The Morgan fingerprint density at radius 3 is 2.89 bits per heavy atom. The molecule has 3 rings (SSSR count). The average Bonchev–Trinajstić information content (AvgIpc) is 2.38. The molecule has 2 bridgehead atoms. The van der Waals surface area contributed by atoms with Crippen LogP contribution in [-0.4, -0.2) is 16.9 Å². The Labute approximate surface area is 113 Å². The molecule has 102 valence electrons. The molecule has 3 heteroatoms. The molecular weight excluding hydrogens is 238 g/mol. The third-order valence-electron chi connectivity index (χ3n) is 5.10. The largest absolute Gasteiger partial charge is 0.508 e. The number of Topliss-reactive ketones (excluding diaryl/α,β-unsaturated/α-hetero) is 1. The van der Waals surface area contributed by atoms with Gasteiger partial charge in [-0.2, -0.15) is 0 Å². The van der Waals surface area contributed by atoms with Gasteiger partial charge in [-0.15, -0.1) is 0 Å². The van der Waals surface area contributed by atoms with Crippen molar-refractivity contribution in [2.24, 2.45) is 11.7 Å². The van der Waals surface area contributed by atoms with Crippen molar-refractivity contribution in [2.45, 2.75) is 50.5 Å². The van der Waals surface area contributed by atoms with Crippen molar-refractivity contribution in [3.05, 3.63) is 29.3 Å². The van der Waals surface area contributed by atoms with Crippen molar-refractivity contribution < 1.29 is 9.90 Å². The van der Waals surface area contributed by atoms with E-state index in [-0.39, 0.29) is 28.9 Å². The number of hydrogen-bond acceptors (Lipinski definition) is 3. The molecule has 0 aromatic heterocycles. The molecule has 1 aromatic rings. The zero-order valence-corrected chi connectivity index (χ0v) is 11.4. The highest BCUT2D eigenvalue weighted by Gasteiger charge is 2.47. The topological polar surface area (TPSA) is 63.3 Å². The number of rotatable bonds is 0. The predicted octanol–water partition coefficient (Wildman–Crippen LogP) is 2.75. The van der Waals surface area contributed by atoms with Crippen molar-refractivity contribution in [2.75, 3.05) is 0 Å². The van der Waals surface area contributed by atoms with Crippen molar-refractivity contribution in [3.63, 3.8) is 0 Å². The van der Waals surface area contributed by atoms with Crippen molar-refractivity contribution >= 4 is 5.78 Å².